The Kier molecular flexibility index (Phi) is 4.83. The standard InChI is InChI=1S/C19H19FN4O3/c20-14-9-24(8-12-3-5-13(6-4-12)19(25)26)10-16(14)27-11-17-22-15-2-1-7-21-18(15)23-17/h1-7,14,16H,8-11H2,(H,25,26)(H,21,22,23). The fourth-order valence-electron chi connectivity index (χ4n) is 3.25. The minimum Gasteiger partial charge on any atom is -0.478 e. The van der Waals surface area contributed by atoms with E-state index in [4.69, 9.17) is 9.84 Å². The van der Waals surface area contributed by atoms with Gasteiger partial charge >= 0.3 is 5.97 Å². The quantitative estimate of drug-likeness (QED) is 0.692. The summed E-state index contributed by atoms with van der Waals surface area (Å²) in [5.74, 6) is -0.334. The van der Waals surface area contributed by atoms with E-state index in [-0.39, 0.29) is 18.7 Å². The molecule has 0 amide bonds. The summed E-state index contributed by atoms with van der Waals surface area (Å²) in [6.07, 6.45) is 0.0683. The zero-order valence-corrected chi connectivity index (χ0v) is 14.5. The number of fused-ring (bicyclic) bond motifs is 1. The Hall–Kier alpha value is -2.84. The number of hydrogen-bond donors (Lipinski definition) is 2. The second-order valence-electron chi connectivity index (χ2n) is 6.62. The van der Waals surface area contributed by atoms with E-state index < -0.39 is 18.2 Å². The monoisotopic (exact) mass is 370 g/mol. The van der Waals surface area contributed by atoms with Crippen LogP contribution in [0.25, 0.3) is 11.2 Å². The first kappa shape index (κ1) is 17.6. The average molecular weight is 370 g/mol. The number of aromatic amines is 1. The highest BCUT2D eigenvalue weighted by molar-refractivity contribution is 5.87. The van der Waals surface area contributed by atoms with Crippen LogP contribution in [0.3, 0.4) is 0 Å². The van der Waals surface area contributed by atoms with Gasteiger partial charge in [-0.15, -0.1) is 0 Å². The number of alkyl halides is 1. The van der Waals surface area contributed by atoms with Crippen LogP contribution in [0.1, 0.15) is 21.7 Å². The minimum absolute atomic E-state index is 0.197. The third-order valence-corrected chi connectivity index (χ3v) is 4.62. The molecule has 1 aromatic carbocycles. The van der Waals surface area contributed by atoms with Gasteiger partial charge in [-0.3, -0.25) is 4.90 Å². The number of aromatic carboxylic acids is 1. The lowest BCUT2D eigenvalue weighted by molar-refractivity contribution is 0.00863. The summed E-state index contributed by atoms with van der Waals surface area (Å²) < 4.78 is 20.1. The summed E-state index contributed by atoms with van der Waals surface area (Å²) in [6, 6.07) is 10.3. The highest BCUT2D eigenvalue weighted by Crippen LogP contribution is 2.21. The highest BCUT2D eigenvalue weighted by atomic mass is 19.1. The van der Waals surface area contributed by atoms with Crippen molar-refractivity contribution in [1.29, 1.82) is 0 Å². The van der Waals surface area contributed by atoms with Crippen LogP contribution in [-0.4, -0.2) is 56.3 Å². The van der Waals surface area contributed by atoms with E-state index in [0.29, 0.717) is 24.6 Å². The van der Waals surface area contributed by atoms with Gasteiger partial charge in [-0.05, 0) is 29.8 Å². The van der Waals surface area contributed by atoms with Crippen LogP contribution >= 0.6 is 0 Å². The van der Waals surface area contributed by atoms with Crippen molar-refractivity contribution in [1.82, 2.24) is 19.9 Å². The zero-order chi connectivity index (χ0) is 18.8. The molecule has 1 saturated heterocycles. The Morgan fingerprint density at radius 3 is 2.85 bits per heavy atom. The number of rotatable bonds is 6. The molecule has 0 aliphatic carbocycles. The van der Waals surface area contributed by atoms with Crippen LogP contribution in [-0.2, 0) is 17.9 Å². The second kappa shape index (κ2) is 7.42. The van der Waals surface area contributed by atoms with Gasteiger partial charge in [-0.2, -0.15) is 0 Å². The molecule has 140 valence electrons. The van der Waals surface area contributed by atoms with Crippen LogP contribution in [0.5, 0.6) is 0 Å². The van der Waals surface area contributed by atoms with Gasteiger partial charge in [0.2, 0.25) is 0 Å². The van der Waals surface area contributed by atoms with Gasteiger partial charge in [-0.1, -0.05) is 12.1 Å². The number of nitrogens with zero attached hydrogens (tertiary/aromatic N) is 3. The zero-order valence-electron chi connectivity index (χ0n) is 14.5. The van der Waals surface area contributed by atoms with E-state index in [1.807, 2.05) is 17.0 Å². The Morgan fingerprint density at radius 1 is 1.30 bits per heavy atom. The van der Waals surface area contributed by atoms with E-state index in [0.717, 1.165) is 11.1 Å². The third-order valence-electron chi connectivity index (χ3n) is 4.62. The van der Waals surface area contributed by atoms with Crippen molar-refractivity contribution in [2.45, 2.75) is 25.4 Å². The number of aromatic nitrogens is 3. The SMILES string of the molecule is O=C(O)c1ccc(CN2CC(F)C(OCc3nc4ncccc4[nH]3)C2)cc1. The molecule has 0 radical (unpaired) electrons. The van der Waals surface area contributed by atoms with Crippen LogP contribution in [0.4, 0.5) is 4.39 Å². The van der Waals surface area contributed by atoms with Gasteiger partial charge in [0.1, 0.15) is 24.7 Å². The number of nitrogens with one attached hydrogen (secondary N) is 1. The van der Waals surface area contributed by atoms with Crippen LogP contribution in [0.15, 0.2) is 42.6 Å². The van der Waals surface area contributed by atoms with Gasteiger partial charge in [0.05, 0.1) is 11.1 Å². The first-order valence-electron chi connectivity index (χ1n) is 8.68. The number of H-pyrrole nitrogens is 1. The smallest absolute Gasteiger partial charge is 0.335 e. The summed E-state index contributed by atoms with van der Waals surface area (Å²) in [5, 5.41) is 8.94. The molecule has 4 rings (SSSR count). The van der Waals surface area contributed by atoms with E-state index in [9.17, 15) is 9.18 Å². The lowest BCUT2D eigenvalue weighted by atomic mass is 10.1. The van der Waals surface area contributed by atoms with Gasteiger partial charge < -0.3 is 14.8 Å². The predicted molar refractivity (Wildman–Crippen MR) is 96.0 cm³/mol. The van der Waals surface area contributed by atoms with Crippen molar-refractivity contribution in [2.75, 3.05) is 13.1 Å². The predicted octanol–water partition coefficient (Wildman–Crippen LogP) is 2.40. The number of ether oxygens (including phenoxy) is 1. The molecule has 27 heavy (non-hydrogen) atoms. The van der Waals surface area contributed by atoms with Crippen LogP contribution in [0, 0.1) is 0 Å². The summed E-state index contributed by atoms with van der Waals surface area (Å²) >= 11 is 0. The molecule has 3 aromatic rings. The number of pyridine rings is 1. The van der Waals surface area contributed by atoms with Crippen molar-refractivity contribution in [3.63, 3.8) is 0 Å². The van der Waals surface area contributed by atoms with Crippen molar-refractivity contribution in [3.8, 4) is 0 Å². The fraction of sp³-hybridized carbons (Fsp3) is 0.316. The summed E-state index contributed by atoms with van der Waals surface area (Å²) in [7, 11) is 0. The maximum Gasteiger partial charge on any atom is 0.335 e. The molecule has 3 heterocycles. The Bertz CT molecular complexity index is 911. The molecule has 1 aliphatic rings. The molecule has 2 N–H and O–H groups in total. The number of benzene rings is 1. The molecule has 0 saturated carbocycles. The third kappa shape index (κ3) is 3.96. The molecule has 0 bridgehead atoms. The molecule has 2 aromatic heterocycles. The van der Waals surface area contributed by atoms with Crippen molar-refractivity contribution in [2.24, 2.45) is 0 Å². The summed E-state index contributed by atoms with van der Waals surface area (Å²) in [4.78, 5) is 24.5. The molecule has 1 fully saturated rings. The number of halogens is 1. The van der Waals surface area contributed by atoms with Crippen LogP contribution < -0.4 is 0 Å². The van der Waals surface area contributed by atoms with Gasteiger partial charge in [0, 0.05) is 25.8 Å². The number of imidazole rings is 1. The summed E-state index contributed by atoms with van der Waals surface area (Å²) in [5.41, 5.74) is 2.62. The molecule has 7 nitrogen and oxygen atoms in total. The molecule has 0 spiro atoms. The normalized spacial score (nSPS) is 20.3. The van der Waals surface area contributed by atoms with Gasteiger partial charge in [0.15, 0.2) is 5.65 Å². The minimum atomic E-state index is -1.08. The fourth-order valence-corrected chi connectivity index (χ4v) is 3.25. The first-order chi connectivity index (χ1) is 13.1. The molecule has 8 heteroatoms. The second-order valence-corrected chi connectivity index (χ2v) is 6.62. The highest BCUT2D eigenvalue weighted by Gasteiger charge is 2.33. The van der Waals surface area contributed by atoms with Gasteiger partial charge in [0.25, 0.3) is 0 Å². The van der Waals surface area contributed by atoms with Crippen LogP contribution in [0.2, 0.25) is 0 Å². The number of likely N-dealkylation sites (tertiary alicyclic amines) is 1. The maximum atomic E-state index is 14.3. The Labute approximate surface area is 154 Å². The topological polar surface area (TPSA) is 91.3 Å². The van der Waals surface area contributed by atoms with Crippen molar-refractivity contribution in [3.05, 3.63) is 59.5 Å². The van der Waals surface area contributed by atoms with E-state index in [1.165, 1.54) is 0 Å². The lowest BCUT2D eigenvalue weighted by Crippen LogP contribution is -2.24. The van der Waals surface area contributed by atoms with Crippen molar-refractivity contribution >= 4 is 17.1 Å². The maximum absolute atomic E-state index is 14.3. The number of carboxylic acid groups (broad SMARTS) is 1. The molecular weight excluding hydrogens is 351 g/mol. The van der Waals surface area contributed by atoms with E-state index in [1.54, 1.807) is 30.5 Å². The first-order valence-corrected chi connectivity index (χ1v) is 8.68. The number of hydrogen-bond acceptors (Lipinski definition) is 5. The average Bonchev–Trinajstić information content (AvgIpc) is 3.23. The molecule has 1 aliphatic heterocycles. The Balaban J connectivity index is 1.33. The molecule has 2 atom stereocenters. The van der Waals surface area contributed by atoms with E-state index in [2.05, 4.69) is 15.0 Å². The number of carbonyl (C=O) groups is 1. The number of carboxylic acids is 1. The summed E-state index contributed by atoms with van der Waals surface area (Å²) in [6.45, 7) is 1.50. The molecule has 2 unspecified atom stereocenters. The van der Waals surface area contributed by atoms with Gasteiger partial charge in [-0.25, -0.2) is 19.2 Å². The Morgan fingerprint density at radius 2 is 2.11 bits per heavy atom. The molecular formula is C19H19FN4O3. The lowest BCUT2D eigenvalue weighted by Gasteiger charge is -2.15. The largest absolute Gasteiger partial charge is 0.478 e. The van der Waals surface area contributed by atoms with E-state index >= 15 is 0 Å². The van der Waals surface area contributed by atoms with Crippen molar-refractivity contribution < 1.29 is 19.0 Å².